The predicted octanol–water partition coefficient (Wildman–Crippen LogP) is 6.27. The number of alkyl halides is 3. The number of fused-ring (bicyclic) bond motifs is 1. The number of hydrogen-bond donors (Lipinski definition) is 3. The number of hydrogen-bond acceptors (Lipinski definition) is 6. The van der Waals surface area contributed by atoms with Crippen LogP contribution in [-0.2, 0) is 9.53 Å². The number of ether oxygens (including phenoxy) is 1. The highest BCUT2D eigenvalue weighted by atomic mass is 19.4. The van der Waals surface area contributed by atoms with E-state index in [9.17, 15) is 31.5 Å². The van der Waals surface area contributed by atoms with E-state index in [2.05, 4.69) is 20.5 Å². The maximum atomic E-state index is 14.1. The van der Waals surface area contributed by atoms with Crippen LogP contribution in [0.2, 0.25) is 0 Å². The molecule has 2 fully saturated rings. The van der Waals surface area contributed by atoms with Crippen LogP contribution in [0.25, 0.3) is 10.9 Å². The first kappa shape index (κ1) is 32.3. The van der Waals surface area contributed by atoms with E-state index in [1.165, 1.54) is 18.3 Å². The fourth-order valence-corrected chi connectivity index (χ4v) is 6.01. The first-order valence-electron chi connectivity index (χ1n) is 15.2. The van der Waals surface area contributed by atoms with E-state index < -0.39 is 35.7 Å². The van der Waals surface area contributed by atoms with Crippen molar-refractivity contribution in [3.63, 3.8) is 0 Å². The average molecular weight is 657 g/mol. The van der Waals surface area contributed by atoms with E-state index in [0.717, 1.165) is 31.3 Å². The minimum absolute atomic E-state index is 0.106. The summed E-state index contributed by atoms with van der Waals surface area (Å²) in [4.78, 5) is 34.9. The lowest BCUT2D eigenvalue weighted by molar-refractivity contribution is -0.171. The van der Waals surface area contributed by atoms with E-state index in [-0.39, 0.29) is 43.0 Å². The second-order valence-corrected chi connectivity index (χ2v) is 11.7. The van der Waals surface area contributed by atoms with Crippen LogP contribution in [0.4, 0.5) is 50.4 Å². The third kappa shape index (κ3) is 7.18. The van der Waals surface area contributed by atoms with Gasteiger partial charge in [0.1, 0.15) is 11.6 Å². The highest BCUT2D eigenvalue weighted by Crippen LogP contribution is 2.36. The number of likely N-dealkylation sites (N-methyl/N-ethyl adjacent to an activating group) is 1. The van der Waals surface area contributed by atoms with Crippen LogP contribution in [0, 0.1) is 11.6 Å². The van der Waals surface area contributed by atoms with Gasteiger partial charge >= 0.3 is 12.1 Å². The number of carbonyl (C=O) groups excluding carboxylic acids is 2. The Morgan fingerprint density at radius 3 is 2.30 bits per heavy atom. The van der Waals surface area contributed by atoms with Gasteiger partial charge in [-0.2, -0.15) is 13.2 Å². The SMILES string of the molecule is CN1CCN(c2ccc(C(=O)Nc3c[nH]c4ccc(Nc5cc(F)cc(F)c5)cc34)c(N(C(=O)C(F)(F)F)C3CCOCC3)c2)CC1. The molecule has 1 aromatic heterocycles. The Morgan fingerprint density at radius 1 is 0.915 bits per heavy atom. The van der Waals surface area contributed by atoms with Crippen molar-refractivity contribution in [1.29, 1.82) is 0 Å². The van der Waals surface area contributed by atoms with Crippen molar-refractivity contribution < 1.29 is 36.3 Å². The topological polar surface area (TPSA) is 92.9 Å². The normalized spacial score (nSPS) is 16.3. The molecule has 2 saturated heterocycles. The van der Waals surface area contributed by atoms with Crippen molar-refractivity contribution in [2.24, 2.45) is 0 Å². The Balaban J connectivity index is 1.36. The Kier molecular flexibility index (Phi) is 9.06. The van der Waals surface area contributed by atoms with Crippen molar-refractivity contribution >= 4 is 51.2 Å². The number of carbonyl (C=O) groups is 2. The molecule has 0 saturated carbocycles. The van der Waals surface area contributed by atoms with Crippen LogP contribution in [0.15, 0.2) is 60.8 Å². The molecule has 2 aliphatic rings. The van der Waals surface area contributed by atoms with Crippen LogP contribution < -0.4 is 20.4 Å². The number of nitrogens with zero attached hydrogens (tertiary/aromatic N) is 3. The number of H-pyrrole nitrogens is 1. The molecule has 3 N–H and O–H groups in total. The van der Waals surface area contributed by atoms with Gasteiger partial charge in [-0.05, 0) is 68.4 Å². The molecule has 3 aromatic carbocycles. The van der Waals surface area contributed by atoms with Crippen molar-refractivity contribution in [2.75, 3.05) is 66.9 Å². The van der Waals surface area contributed by atoms with Gasteiger partial charge in [-0.15, -0.1) is 0 Å². The summed E-state index contributed by atoms with van der Waals surface area (Å²) in [6.45, 7) is 3.10. The maximum absolute atomic E-state index is 14.1. The molecule has 0 bridgehead atoms. The van der Waals surface area contributed by atoms with Gasteiger partial charge < -0.3 is 35.1 Å². The van der Waals surface area contributed by atoms with Crippen LogP contribution in [0.1, 0.15) is 23.2 Å². The van der Waals surface area contributed by atoms with Gasteiger partial charge in [0.15, 0.2) is 0 Å². The van der Waals surface area contributed by atoms with E-state index in [1.54, 1.807) is 24.3 Å². The molecule has 9 nitrogen and oxygen atoms in total. The van der Waals surface area contributed by atoms with Gasteiger partial charge in [0.25, 0.3) is 5.91 Å². The third-order valence-corrected chi connectivity index (χ3v) is 8.45. The first-order valence-corrected chi connectivity index (χ1v) is 15.2. The molecular formula is C33H33F5N6O3. The van der Waals surface area contributed by atoms with Gasteiger partial charge in [0.2, 0.25) is 0 Å². The van der Waals surface area contributed by atoms with Crippen molar-refractivity contribution in [2.45, 2.75) is 25.1 Å². The van der Waals surface area contributed by atoms with E-state index in [4.69, 9.17) is 4.74 Å². The fourth-order valence-electron chi connectivity index (χ4n) is 6.01. The molecule has 6 rings (SSSR count). The molecule has 47 heavy (non-hydrogen) atoms. The smallest absolute Gasteiger partial charge is 0.381 e. The van der Waals surface area contributed by atoms with Crippen LogP contribution in [-0.4, -0.2) is 80.4 Å². The molecule has 2 amide bonds. The van der Waals surface area contributed by atoms with Gasteiger partial charge in [-0.25, -0.2) is 8.78 Å². The summed E-state index contributed by atoms with van der Waals surface area (Å²) in [6, 6.07) is 11.9. The number of rotatable bonds is 7. The molecule has 14 heteroatoms. The zero-order valence-electron chi connectivity index (χ0n) is 25.5. The standard InChI is InChI=1S/C33H33F5N6O3/c1-42-8-10-43(11-9-42)25-3-4-26(30(18-25)44(32(46)33(36,37)38)24-6-12-47-13-7-24)31(45)41-29-19-39-28-5-2-22(17-27(28)29)40-23-15-20(34)14-21(35)16-23/h2-5,14-19,24,39-40H,6-13H2,1H3,(H,41,45). The fraction of sp³-hybridized carbons (Fsp3) is 0.333. The van der Waals surface area contributed by atoms with Gasteiger partial charge in [-0.1, -0.05) is 0 Å². The van der Waals surface area contributed by atoms with Crippen LogP contribution >= 0.6 is 0 Å². The van der Waals surface area contributed by atoms with Crippen molar-refractivity contribution in [3.05, 3.63) is 78.0 Å². The maximum Gasteiger partial charge on any atom is 0.471 e. The quantitative estimate of drug-likeness (QED) is 0.203. The number of aromatic amines is 1. The van der Waals surface area contributed by atoms with E-state index >= 15 is 0 Å². The van der Waals surface area contributed by atoms with Gasteiger partial charge in [-0.3, -0.25) is 9.59 Å². The molecule has 0 spiro atoms. The summed E-state index contributed by atoms with van der Waals surface area (Å²) in [5, 5.41) is 6.25. The molecule has 0 atom stereocenters. The monoisotopic (exact) mass is 656 g/mol. The summed E-state index contributed by atoms with van der Waals surface area (Å²) >= 11 is 0. The molecular weight excluding hydrogens is 623 g/mol. The Labute approximate surface area is 267 Å². The lowest BCUT2D eigenvalue weighted by atomic mass is 10.0. The lowest BCUT2D eigenvalue weighted by Gasteiger charge is -2.37. The second-order valence-electron chi connectivity index (χ2n) is 11.7. The Bertz CT molecular complexity index is 1760. The Hall–Kier alpha value is -4.69. The number of anilines is 5. The van der Waals surface area contributed by atoms with Gasteiger partial charge in [0.05, 0.1) is 16.9 Å². The largest absolute Gasteiger partial charge is 0.471 e. The minimum atomic E-state index is -5.18. The molecule has 0 radical (unpaired) electrons. The number of nitrogens with one attached hydrogen (secondary N) is 3. The Morgan fingerprint density at radius 2 is 1.62 bits per heavy atom. The summed E-state index contributed by atoms with van der Waals surface area (Å²) in [5.41, 5.74) is 1.94. The summed E-state index contributed by atoms with van der Waals surface area (Å²) in [5.74, 6) is -4.28. The number of piperazine rings is 1. The molecule has 248 valence electrons. The summed E-state index contributed by atoms with van der Waals surface area (Å²) in [7, 11) is 1.98. The number of benzene rings is 3. The molecule has 4 aromatic rings. The van der Waals surface area contributed by atoms with Crippen LogP contribution in [0.5, 0.6) is 0 Å². The highest BCUT2D eigenvalue weighted by Gasteiger charge is 2.46. The van der Waals surface area contributed by atoms with E-state index in [0.29, 0.717) is 46.0 Å². The van der Waals surface area contributed by atoms with E-state index in [1.807, 2.05) is 11.9 Å². The van der Waals surface area contributed by atoms with Crippen LogP contribution in [0.3, 0.4) is 0 Å². The third-order valence-electron chi connectivity index (χ3n) is 8.45. The first-order chi connectivity index (χ1) is 22.5. The molecule has 2 aliphatic heterocycles. The number of halogens is 5. The van der Waals surface area contributed by atoms with Crippen molar-refractivity contribution in [3.8, 4) is 0 Å². The van der Waals surface area contributed by atoms with Gasteiger partial charge in [0, 0.05) is 85.7 Å². The predicted molar refractivity (Wildman–Crippen MR) is 169 cm³/mol. The highest BCUT2D eigenvalue weighted by molar-refractivity contribution is 6.14. The summed E-state index contributed by atoms with van der Waals surface area (Å²) in [6.07, 6.45) is -3.30. The average Bonchev–Trinajstić information content (AvgIpc) is 3.42. The summed E-state index contributed by atoms with van der Waals surface area (Å²) < 4.78 is 75.1. The lowest BCUT2D eigenvalue weighted by Crippen LogP contribution is -2.50. The molecule has 0 aliphatic carbocycles. The zero-order chi connectivity index (χ0) is 33.3. The van der Waals surface area contributed by atoms with Crippen molar-refractivity contribution in [1.82, 2.24) is 9.88 Å². The zero-order valence-corrected chi connectivity index (χ0v) is 25.5. The second kappa shape index (κ2) is 13.2. The molecule has 3 heterocycles. The minimum Gasteiger partial charge on any atom is -0.381 e. The molecule has 0 unspecified atom stereocenters. The number of amides is 2. The number of aromatic nitrogens is 1.